The number of hydrogen-bond acceptors (Lipinski definition) is 3. The second kappa shape index (κ2) is 5.86. The number of thioether (sulfide) groups is 1. The normalized spacial score (nSPS) is 11.3. The number of benzene rings is 3. The molecular weight excluding hydrogens is 280 g/mol. The van der Waals surface area contributed by atoms with Crippen molar-refractivity contribution in [3.63, 3.8) is 0 Å². The minimum absolute atomic E-state index is 0.247. The zero-order valence-electron chi connectivity index (χ0n) is 12.0. The molecule has 0 aliphatic rings. The summed E-state index contributed by atoms with van der Waals surface area (Å²) >= 11 is 1.73. The van der Waals surface area contributed by atoms with Gasteiger partial charge in [-0.3, -0.25) is 0 Å². The molecule has 2 nitrogen and oxygen atoms in total. The third-order valence-electron chi connectivity index (χ3n) is 3.71. The van der Waals surface area contributed by atoms with Gasteiger partial charge in [-0.25, -0.2) is 0 Å². The summed E-state index contributed by atoms with van der Waals surface area (Å²) in [6.45, 7) is 2.17. The molecule has 0 heterocycles. The number of phenolic OH excluding ortho intramolecular Hbond substituents is 2. The Morgan fingerprint density at radius 1 is 0.857 bits per heavy atom. The van der Waals surface area contributed by atoms with Crippen LogP contribution in [-0.2, 0) is 0 Å². The van der Waals surface area contributed by atoms with Gasteiger partial charge in [-0.05, 0) is 18.2 Å². The molecule has 3 rings (SSSR count). The van der Waals surface area contributed by atoms with E-state index < -0.39 is 0 Å². The molecule has 0 atom stereocenters. The topological polar surface area (TPSA) is 40.5 Å². The van der Waals surface area contributed by atoms with E-state index in [2.05, 4.69) is 6.92 Å². The zero-order chi connectivity index (χ0) is 14.8. The van der Waals surface area contributed by atoms with Crippen molar-refractivity contribution < 1.29 is 10.2 Å². The number of hydrogen-bond donors (Lipinski definition) is 2. The summed E-state index contributed by atoms with van der Waals surface area (Å²) in [4.78, 5) is 1.03. The Balaban J connectivity index is 2.27. The lowest BCUT2D eigenvalue weighted by atomic mass is 10.0. The van der Waals surface area contributed by atoms with Gasteiger partial charge in [0.25, 0.3) is 0 Å². The van der Waals surface area contributed by atoms with Gasteiger partial charge in [-0.2, -0.15) is 0 Å². The van der Waals surface area contributed by atoms with E-state index in [9.17, 15) is 10.2 Å². The fourth-order valence-corrected chi connectivity index (χ4v) is 3.77. The molecule has 0 bridgehead atoms. The van der Waals surface area contributed by atoms with Gasteiger partial charge >= 0.3 is 0 Å². The van der Waals surface area contributed by atoms with Crippen LogP contribution in [0, 0.1) is 0 Å². The lowest BCUT2D eigenvalue weighted by Gasteiger charge is -2.12. The molecule has 0 radical (unpaired) electrons. The summed E-state index contributed by atoms with van der Waals surface area (Å²) < 4.78 is 0. The van der Waals surface area contributed by atoms with Crippen LogP contribution in [0.3, 0.4) is 0 Å². The first kappa shape index (κ1) is 14.1. The van der Waals surface area contributed by atoms with Crippen LogP contribution in [0.2, 0.25) is 0 Å². The van der Waals surface area contributed by atoms with Crippen LogP contribution >= 0.6 is 11.8 Å². The summed E-state index contributed by atoms with van der Waals surface area (Å²) in [7, 11) is 0. The molecule has 0 saturated heterocycles. The molecule has 0 aliphatic carbocycles. The fourth-order valence-electron chi connectivity index (χ4n) is 2.60. The Morgan fingerprint density at radius 3 is 2.24 bits per heavy atom. The highest BCUT2D eigenvalue weighted by Gasteiger charge is 2.15. The average Bonchev–Trinajstić information content (AvgIpc) is 2.53. The molecule has 0 aliphatic heterocycles. The van der Waals surface area contributed by atoms with E-state index in [-0.39, 0.29) is 11.5 Å². The van der Waals surface area contributed by atoms with Crippen molar-refractivity contribution in [1.82, 2.24) is 0 Å². The lowest BCUT2D eigenvalue weighted by Crippen LogP contribution is -1.85. The summed E-state index contributed by atoms with van der Waals surface area (Å²) in [5.74, 6) is 1.53. The van der Waals surface area contributed by atoms with E-state index >= 15 is 0 Å². The Morgan fingerprint density at radius 2 is 1.52 bits per heavy atom. The summed E-state index contributed by atoms with van der Waals surface area (Å²) in [6, 6.07) is 13.2. The third-order valence-corrected chi connectivity index (χ3v) is 4.85. The standard InChI is InChI=1S/C18H18O2S/c1-2-3-11-21-15-10-6-9-14-16(15)18(20)13-8-5-4-7-12(13)17(14)19/h4-10,19-20H,2-3,11H2,1H3. The van der Waals surface area contributed by atoms with Gasteiger partial charge in [0, 0.05) is 26.4 Å². The highest BCUT2D eigenvalue weighted by molar-refractivity contribution is 7.99. The van der Waals surface area contributed by atoms with E-state index in [1.54, 1.807) is 11.8 Å². The van der Waals surface area contributed by atoms with Crippen molar-refractivity contribution in [3.05, 3.63) is 42.5 Å². The van der Waals surface area contributed by atoms with E-state index in [4.69, 9.17) is 0 Å². The van der Waals surface area contributed by atoms with Crippen molar-refractivity contribution in [2.45, 2.75) is 24.7 Å². The molecule has 108 valence electrons. The van der Waals surface area contributed by atoms with E-state index in [0.717, 1.165) is 28.9 Å². The molecule has 0 fully saturated rings. The maximum absolute atomic E-state index is 10.6. The van der Waals surface area contributed by atoms with Crippen LogP contribution in [0.1, 0.15) is 19.8 Å². The van der Waals surface area contributed by atoms with Crippen LogP contribution in [0.5, 0.6) is 11.5 Å². The number of rotatable bonds is 4. The molecule has 0 unspecified atom stereocenters. The molecule has 0 saturated carbocycles. The average molecular weight is 298 g/mol. The molecule has 2 N–H and O–H groups in total. The summed E-state index contributed by atoms with van der Waals surface area (Å²) in [5, 5.41) is 24.0. The molecule has 3 heteroatoms. The van der Waals surface area contributed by atoms with Crippen LogP contribution < -0.4 is 0 Å². The van der Waals surface area contributed by atoms with Gasteiger partial charge in [-0.15, -0.1) is 11.8 Å². The predicted molar refractivity (Wildman–Crippen MR) is 90.4 cm³/mol. The SMILES string of the molecule is CCCCSc1cccc2c(O)c3ccccc3c(O)c12. The molecule has 0 spiro atoms. The number of aromatic hydroxyl groups is 2. The van der Waals surface area contributed by atoms with Crippen molar-refractivity contribution in [3.8, 4) is 11.5 Å². The Bertz CT molecular complexity index is 796. The molecule has 0 amide bonds. The van der Waals surface area contributed by atoms with Gasteiger partial charge in [0.1, 0.15) is 11.5 Å². The highest BCUT2D eigenvalue weighted by atomic mass is 32.2. The Hall–Kier alpha value is -1.87. The molecule has 3 aromatic rings. The van der Waals surface area contributed by atoms with E-state index in [1.165, 1.54) is 0 Å². The van der Waals surface area contributed by atoms with Gasteiger partial charge in [0.05, 0.1) is 0 Å². The van der Waals surface area contributed by atoms with Crippen LogP contribution in [0.15, 0.2) is 47.4 Å². The molecular formula is C18H18O2S. The van der Waals surface area contributed by atoms with E-state index in [1.807, 2.05) is 42.5 Å². The minimum Gasteiger partial charge on any atom is -0.507 e. The van der Waals surface area contributed by atoms with Gasteiger partial charge in [0.2, 0.25) is 0 Å². The first-order valence-corrected chi connectivity index (χ1v) is 8.20. The van der Waals surface area contributed by atoms with Gasteiger partial charge < -0.3 is 10.2 Å². The lowest BCUT2D eigenvalue weighted by molar-refractivity contribution is 0.478. The van der Waals surface area contributed by atoms with Crippen molar-refractivity contribution >= 4 is 33.3 Å². The van der Waals surface area contributed by atoms with Crippen LogP contribution in [0.25, 0.3) is 21.5 Å². The molecule has 0 aromatic heterocycles. The zero-order valence-corrected chi connectivity index (χ0v) is 12.8. The second-order valence-corrected chi connectivity index (χ2v) is 6.26. The number of unbranched alkanes of at least 4 members (excludes halogenated alkanes) is 1. The van der Waals surface area contributed by atoms with Crippen LogP contribution in [-0.4, -0.2) is 16.0 Å². The summed E-state index contributed by atoms with van der Waals surface area (Å²) in [6.07, 6.45) is 2.29. The second-order valence-electron chi connectivity index (χ2n) is 5.12. The first-order valence-electron chi connectivity index (χ1n) is 7.22. The maximum Gasteiger partial charge on any atom is 0.132 e. The van der Waals surface area contributed by atoms with Gasteiger partial charge in [-0.1, -0.05) is 49.7 Å². The maximum atomic E-state index is 10.6. The van der Waals surface area contributed by atoms with Crippen molar-refractivity contribution in [2.75, 3.05) is 5.75 Å². The van der Waals surface area contributed by atoms with Crippen molar-refractivity contribution in [1.29, 1.82) is 0 Å². The van der Waals surface area contributed by atoms with Gasteiger partial charge in [0.15, 0.2) is 0 Å². The van der Waals surface area contributed by atoms with Crippen molar-refractivity contribution in [2.24, 2.45) is 0 Å². The number of fused-ring (bicyclic) bond motifs is 2. The summed E-state index contributed by atoms with van der Waals surface area (Å²) in [5.41, 5.74) is 0. The molecule has 3 aromatic carbocycles. The molecule has 21 heavy (non-hydrogen) atoms. The van der Waals surface area contributed by atoms with Crippen LogP contribution in [0.4, 0.5) is 0 Å². The smallest absolute Gasteiger partial charge is 0.132 e. The minimum atomic E-state index is 0.247. The Labute approximate surface area is 128 Å². The monoisotopic (exact) mass is 298 g/mol. The van der Waals surface area contributed by atoms with E-state index in [0.29, 0.717) is 16.2 Å². The Kier molecular flexibility index (Phi) is 3.93. The fraction of sp³-hybridized carbons (Fsp3) is 0.222. The highest BCUT2D eigenvalue weighted by Crippen LogP contribution is 2.44. The quantitative estimate of drug-likeness (QED) is 0.297. The largest absolute Gasteiger partial charge is 0.507 e. The third kappa shape index (κ3) is 2.42. The number of phenols is 2. The predicted octanol–water partition coefficient (Wildman–Crippen LogP) is 5.30. The first-order chi connectivity index (χ1) is 10.2.